The fraction of sp³-hybridized carbons (Fsp3) is 0.533. The van der Waals surface area contributed by atoms with Gasteiger partial charge in [-0.2, -0.15) is 0 Å². The van der Waals surface area contributed by atoms with Crippen molar-refractivity contribution in [1.29, 1.82) is 0 Å². The highest BCUT2D eigenvalue weighted by atomic mass is 16.3. The van der Waals surface area contributed by atoms with Gasteiger partial charge in [-0.25, -0.2) is 0 Å². The molecule has 1 aromatic rings. The average Bonchev–Trinajstić information content (AvgIpc) is 2.42. The third kappa shape index (κ3) is 3.95. The molecule has 0 radical (unpaired) electrons. The molecule has 5 heteroatoms. The molecule has 5 nitrogen and oxygen atoms in total. The van der Waals surface area contributed by atoms with Gasteiger partial charge in [0.05, 0.1) is 17.9 Å². The molecular formula is C15H23N3O2. The van der Waals surface area contributed by atoms with Crippen LogP contribution in [0, 0.1) is 12.8 Å². The van der Waals surface area contributed by atoms with Crippen molar-refractivity contribution in [2.45, 2.75) is 19.8 Å². The minimum atomic E-state index is -0.0563. The number of nitrogens with zero attached hydrogens (tertiary/aromatic N) is 1. The summed E-state index contributed by atoms with van der Waals surface area (Å²) in [5, 5.41) is 12.0. The van der Waals surface area contributed by atoms with Gasteiger partial charge in [0.15, 0.2) is 0 Å². The minimum absolute atomic E-state index is 0.0563. The molecule has 0 aliphatic carbocycles. The van der Waals surface area contributed by atoms with Crippen LogP contribution in [0.25, 0.3) is 0 Å². The highest BCUT2D eigenvalue weighted by molar-refractivity contribution is 5.95. The van der Waals surface area contributed by atoms with E-state index in [9.17, 15) is 9.90 Å². The standard InChI is InChI=1S/C15H23N3O2/c1-11-4-5-14(13(16)7-11)17-15(20)9-18-6-2-3-12(8-18)10-19/h4-5,7,12,19H,2-3,6,8-10,16H2,1H3,(H,17,20). The van der Waals surface area contributed by atoms with Gasteiger partial charge in [0, 0.05) is 13.2 Å². The zero-order valence-corrected chi connectivity index (χ0v) is 11.9. The Kier molecular flexibility index (Phi) is 4.98. The zero-order chi connectivity index (χ0) is 14.5. The van der Waals surface area contributed by atoms with E-state index in [0.29, 0.717) is 23.8 Å². The van der Waals surface area contributed by atoms with Crippen molar-refractivity contribution in [3.63, 3.8) is 0 Å². The number of aliphatic hydroxyl groups excluding tert-OH is 1. The predicted molar refractivity (Wildman–Crippen MR) is 80.5 cm³/mol. The fourth-order valence-electron chi connectivity index (χ4n) is 2.63. The van der Waals surface area contributed by atoms with Crippen LogP contribution in [0.15, 0.2) is 18.2 Å². The van der Waals surface area contributed by atoms with E-state index in [2.05, 4.69) is 10.2 Å². The number of rotatable bonds is 4. The number of hydrogen-bond acceptors (Lipinski definition) is 4. The van der Waals surface area contributed by atoms with Gasteiger partial charge in [-0.1, -0.05) is 6.07 Å². The van der Waals surface area contributed by atoms with E-state index >= 15 is 0 Å². The largest absolute Gasteiger partial charge is 0.397 e. The van der Waals surface area contributed by atoms with Crippen LogP contribution in [0.5, 0.6) is 0 Å². The van der Waals surface area contributed by atoms with Crippen molar-refractivity contribution >= 4 is 17.3 Å². The molecule has 1 atom stereocenters. The van der Waals surface area contributed by atoms with Crippen LogP contribution >= 0.6 is 0 Å². The van der Waals surface area contributed by atoms with Crippen LogP contribution in [0.1, 0.15) is 18.4 Å². The molecule has 0 spiro atoms. The van der Waals surface area contributed by atoms with Gasteiger partial charge >= 0.3 is 0 Å². The first-order valence-electron chi connectivity index (χ1n) is 7.07. The van der Waals surface area contributed by atoms with E-state index in [1.165, 1.54) is 0 Å². The molecule has 1 aliphatic rings. The third-order valence-corrected chi connectivity index (χ3v) is 3.71. The molecule has 2 rings (SSSR count). The van der Waals surface area contributed by atoms with Crippen LogP contribution in [-0.4, -0.2) is 42.2 Å². The summed E-state index contributed by atoms with van der Waals surface area (Å²) >= 11 is 0. The molecule has 1 saturated heterocycles. The van der Waals surface area contributed by atoms with Crippen molar-refractivity contribution in [3.8, 4) is 0 Å². The van der Waals surface area contributed by atoms with Crippen LogP contribution in [-0.2, 0) is 4.79 Å². The number of amides is 1. The fourth-order valence-corrected chi connectivity index (χ4v) is 2.63. The second-order valence-corrected chi connectivity index (χ2v) is 5.56. The number of likely N-dealkylation sites (tertiary alicyclic amines) is 1. The summed E-state index contributed by atoms with van der Waals surface area (Å²) in [7, 11) is 0. The maximum atomic E-state index is 12.0. The first-order chi connectivity index (χ1) is 9.58. The van der Waals surface area contributed by atoms with E-state index in [0.717, 1.165) is 31.5 Å². The Balaban J connectivity index is 1.88. The monoisotopic (exact) mass is 277 g/mol. The van der Waals surface area contributed by atoms with Crippen molar-refractivity contribution in [3.05, 3.63) is 23.8 Å². The van der Waals surface area contributed by atoms with Crippen molar-refractivity contribution < 1.29 is 9.90 Å². The number of aryl methyl sites for hydroxylation is 1. The number of nitrogens with two attached hydrogens (primary N) is 1. The lowest BCUT2D eigenvalue weighted by Crippen LogP contribution is -2.41. The van der Waals surface area contributed by atoms with E-state index in [-0.39, 0.29) is 12.5 Å². The summed E-state index contributed by atoms with van der Waals surface area (Å²) in [6.45, 7) is 4.21. The van der Waals surface area contributed by atoms with Crippen molar-refractivity contribution in [2.24, 2.45) is 5.92 Å². The van der Waals surface area contributed by atoms with Gasteiger partial charge in [-0.15, -0.1) is 0 Å². The van der Waals surface area contributed by atoms with E-state index in [1.807, 2.05) is 25.1 Å². The molecule has 4 N–H and O–H groups in total. The molecule has 1 fully saturated rings. The highest BCUT2D eigenvalue weighted by Crippen LogP contribution is 2.20. The number of anilines is 2. The summed E-state index contributed by atoms with van der Waals surface area (Å²) in [4.78, 5) is 14.1. The molecule has 110 valence electrons. The summed E-state index contributed by atoms with van der Waals surface area (Å²) in [6.07, 6.45) is 2.07. The first kappa shape index (κ1) is 14.8. The minimum Gasteiger partial charge on any atom is -0.397 e. The molecule has 1 amide bonds. The van der Waals surface area contributed by atoms with Crippen molar-refractivity contribution in [2.75, 3.05) is 37.3 Å². The second kappa shape index (κ2) is 6.72. The van der Waals surface area contributed by atoms with Crippen LogP contribution in [0.2, 0.25) is 0 Å². The summed E-state index contributed by atoms with van der Waals surface area (Å²) in [5.41, 5.74) is 8.21. The van der Waals surface area contributed by atoms with Gasteiger partial charge in [0.1, 0.15) is 0 Å². The van der Waals surface area contributed by atoms with Crippen molar-refractivity contribution in [1.82, 2.24) is 4.90 Å². The Labute approximate surface area is 119 Å². The molecule has 1 aromatic carbocycles. The van der Waals surface area contributed by atoms with Gasteiger partial charge in [-0.3, -0.25) is 9.69 Å². The Hall–Kier alpha value is -1.59. The van der Waals surface area contributed by atoms with Gasteiger partial charge in [-0.05, 0) is 49.9 Å². The highest BCUT2D eigenvalue weighted by Gasteiger charge is 2.21. The van der Waals surface area contributed by atoms with Crippen LogP contribution in [0.4, 0.5) is 11.4 Å². The third-order valence-electron chi connectivity index (χ3n) is 3.71. The molecule has 1 aliphatic heterocycles. The maximum absolute atomic E-state index is 12.0. The smallest absolute Gasteiger partial charge is 0.238 e. The van der Waals surface area contributed by atoms with Gasteiger partial charge < -0.3 is 16.2 Å². The number of aliphatic hydroxyl groups is 1. The molecule has 1 unspecified atom stereocenters. The lowest BCUT2D eigenvalue weighted by atomic mass is 9.99. The second-order valence-electron chi connectivity index (χ2n) is 5.56. The Morgan fingerprint density at radius 2 is 2.35 bits per heavy atom. The Morgan fingerprint density at radius 1 is 1.55 bits per heavy atom. The Bertz CT molecular complexity index is 476. The summed E-state index contributed by atoms with van der Waals surface area (Å²) in [5.74, 6) is 0.236. The average molecular weight is 277 g/mol. The number of piperidine rings is 1. The molecule has 1 heterocycles. The van der Waals surface area contributed by atoms with Gasteiger partial charge in [0.25, 0.3) is 0 Å². The topological polar surface area (TPSA) is 78.6 Å². The number of carbonyl (C=O) groups is 1. The first-order valence-corrected chi connectivity index (χ1v) is 7.07. The maximum Gasteiger partial charge on any atom is 0.238 e. The lowest BCUT2D eigenvalue weighted by molar-refractivity contribution is -0.117. The van der Waals surface area contributed by atoms with E-state index in [1.54, 1.807) is 0 Å². The molecular weight excluding hydrogens is 254 g/mol. The summed E-state index contributed by atoms with van der Waals surface area (Å²) < 4.78 is 0. The molecule has 0 aromatic heterocycles. The number of hydrogen-bond donors (Lipinski definition) is 3. The predicted octanol–water partition coefficient (Wildman–Crippen LogP) is 1.22. The van der Waals surface area contributed by atoms with Crippen LogP contribution in [0.3, 0.4) is 0 Å². The quantitative estimate of drug-likeness (QED) is 0.723. The van der Waals surface area contributed by atoms with E-state index < -0.39 is 0 Å². The van der Waals surface area contributed by atoms with E-state index in [4.69, 9.17) is 5.73 Å². The summed E-state index contributed by atoms with van der Waals surface area (Å²) in [6, 6.07) is 5.60. The lowest BCUT2D eigenvalue weighted by Gasteiger charge is -2.31. The molecule has 20 heavy (non-hydrogen) atoms. The zero-order valence-electron chi connectivity index (χ0n) is 11.9. The van der Waals surface area contributed by atoms with Crippen LogP contribution < -0.4 is 11.1 Å². The number of nitrogen functional groups attached to an aromatic ring is 1. The molecule has 0 bridgehead atoms. The Morgan fingerprint density at radius 3 is 3.05 bits per heavy atom. The number of nitrogens with one attached hydrogen (secondary N) is 1. The number of carbonyl (C=O) groups excluding carboxylic acids is 1. The number of benzene rings is 1. The normalized spacial score (nSPS) is 19.8. The van der Waals surface area contributed by atoms with Gasteiger partial charge in [0.2, 0.25) is 5.91 Å². The molecule has 0 saturated carbocycles. The SMILES string of the molecule is Cc1ccc(NC(=O)CN2CCCC(CO)C2)c(N)c1.